The zero-order valence-electron chi connectivity index (χ0n) is 16.8. The van der Waals surface area contributed by atoms with Crippen molar-refractivity contribution in [1.82, 2.24) is 14.5 Å². The van der Waals surface area contributed by atoms with Crippen molar-refractivity contribution in [1.29, 1.82) is 0 Å². The van der Waals surface area contributed by atoms with Crippen LogP contribution in [0.25, 0.3) is 0 Å². The molecule has 3 rings (SSSR count). The number of nitrogens with one attached hydrogen (secondary N) is 1. The Hall–Kier alpha value is -1.93. The second-order valence-corrected chi connectivity index (χ2v) is 9.06. The Morgan fingerprint density at radius 3 is 2.18 bits per heavy atom. The number of hydrogen-bond donors (Lipinski definition) is 1. The molecule has 1 N–H and O–H groups in total. The van der Waals surface area contributed by atoms with Gasteiger partial charge in [0.15, 0.2) is 0 Å². The lowest BCUT2D eigenvalue weighted by Gasteiger charge is -2.38. The highest BCUT2D eigenvalue weighted by Crippen LogP contribution is 2.23. The summed E-state index contributed by atoms with van der Waals surface area (Å²) in [5.41, 5.74) is 2.33. The smallest absolute Gasteiger partial charge is 0.240 e. The Balaban J connectivity index is 1.77. The topological polar surface area (TPSA) is 61.9 Å². The number of piperazine rings is 1. The van der Waals surface area contributed by atoms with Gasteiger partial charge >= 0.3 is 0 Å². The van der Waals surface area contributed by atoms with Gasteiger partial charge in [0.05, 0.1) is 12.0 Å². The van der Waals surface area contributed by atoms with E-state index in [1.807, 2.05) is 0 Å². The summed E-state index contributed by atoms with van der Waals surface area (Å²) in [6.45, 7) is 6.18. The summed E-state index contributed by atoms with van der Waals surface area (Å²) in [5.74, 6) is 0.633. The molecule has 7 heteroatoms. The van der Waals surface area contributed by atoms with E-state index >= 15 is 0 Å². The van der Waals surface area contributed by atoms with Gasteiger partial charge in [0.2, 0.25) is 10.0 Å². The predicted molar refractivity (Wildman–Crippen MR) is 111 cm³/mol. The maximum absolute atomic E-state index is 12.8. The lowest BCUT2D eigenvalue weighted by molar-refractivity contribution is 0.113. The van der Waals surface area contributed by atoms with Crippen LogP contribution in [0.1, 0.15) is 17.2 Å². The van der Waals surface area contributed by atoms with Gasteiger partial charge in [-0.1, -0.05) is 29.8 Å². The van der Waals surface area contributed by atoms with Gasteiger partial charge in [-0.2, -0.15) is 0 Å². The Labute approximate surface area is 168 Å². The minimum Gasteiger partial charge on any atom is -0.497 e. The lowest BCUT2D eigenvalue weighted by Crippen LogP contribution is -2.48. The summed E-state index contributed by atoms with van der Waals surface area (Å²) < 4.78 is 33.5. The highest BCUT2D eigenvalue weighted by molar-refractivity contribution is 7.89. The molecule has 0 unspecified atom stereocenters. The number of aryl methyl sites for hydroxylation is 1. The minimum absolute atomic E-state index is 0.00215. The number of likely N-dealkylation sites (N-methyl/N-ethyl adjacent to an activating group) is 1. The Bertz CT molecular complexity index is 859. The van der Waals surface area contributed by atoms with Crippen molar-refractivity contribution >= 4 is 10.0 Å². The van der Waals surface area contributed by atoms with Crippen LogP contribution < -0.4 is 9.46 Å². The quantitative estimate of drug-likeness (QED) is 0.769. The zero-order chi connectivity index (χ0) is 20.1. The van der Waals surface area contributed by atoms with E-state index in [-0.39, 0.29) is 10.9 Å². The van der Waals surface area contributed by atoms with Crippen LogP contribution >= 0.6 is 0 Å². The molecule has 6 nitrogen and oxygen atoms in total. The Morgan fingerprint density at radius 2 is 1.61 bits per heavy atom. The molecule has 2 aromatic rings. The van der Waals surface area contributed by atoms with E-state index in [0.29, 0.717) is 12.3 Å². The molecular weight excluding hydrogens is 374 g/mol. The van der Waals surface area contributed by atoms with Crippen LogP contribution in [-0.2, 0) is 10.0 Å². The largest absolute Gasteiger partial charge is 0.497 e. The number of rotatable bonds is 7. The number of hydrogen-bond acceptors (Lipinski definition) is 5. The van der Waals surface area contributed by atoms with Crippen molar-refractivity contribution in [2.75, 3.05) is 46.9 Å². The first-order valence-corrected chi connectivity index (χ1v) is 11.0. The van der Waals surface area contributed by atoms with E-state index in [4.69, 9.17) is 4.74 Å². The van der Waals surface area contributed by atoms with E-state index in [9.17, 15) is 8.42 Å². The van der Waals surface area contributed by atoms with Crippen molar-refractivity contribution < 1.29 is 13.2 Å². The van der Waals surface area contributed by atoms with E-state index in [1.54, 1.807) is 31.4 Å². The van der Waals surface area contributed by atoms with Gasteiger partial charge in [0.25, 0.3) is 0 Å². The van der Waals surface area contributed by atoms with Crippen LogP contribution in [0.4, 0.5) is 0 Å². The fourth-order valence-electron chi connectivity index (χ4n) is 3.41. The Morgan fingerprint density at radius 1 is 1.00 bits per heavy atom. The molecule has 1 aliphatic rings. The van der Waals surface area contributed by atoms with Gasteiger partial charge < -0.3 is 9.64 Å². The SMILES string of the molecule is COc1ccc(S(=O)(=O)NC[C@H](c2ccc(C)cc2)N2CCN(C)CC2)cc1. The maximum atomic E-state index is 12.8. The number of benzene rings is 2. The van der Waals surface area contributed by atoms with Gasteiger partial charge in [-0.15, -0.1) is 0 Å². The molecule has 0 saturated carbocycles. The molecule has 0 radical (unpaired) electrons. The second-order valence-electron chi connectivity index (χ2n) is 7.29. The average molecular weight is 404 g/mol. The third-order valence-corrected chi connectivity index (χ3v) is 6.72. The second kappa shape index (κ2) is 9.05. The van der Waals surface area contributed by atoms with E-state index in [0.717, 1.165) is 31.7 Å². The molecule has 1 heterocycles. The number of nitrogens with zero attached hydrogens (tertiary/aromatic N) is 2. The molecule has 0 bridgehead atoms. The normalized spacial score (nSPS) is 17.4. The zero-order valence-corrected chi connectivity index (χ0v) is 17.6. The highest BCUT2D eigenvalue weighted by atomic mass is 32.2. The van der Waals surface area contributed by atoms with Gasteiger partial charge in [-0.3, -0.25) is 4.90 Å². The molecule has 0 amide bonds. The molecule has 0 aliphatic carbocycles. The molecule has 0 aromatic heterocycles. The summed E-state index contributed by atoms with van der Waals surface area (Å²) in [7, 11) is 0.0866. The van der Waals surface area contributed by atoms with Crippen LogP contribution in [0.5, 0.6) is 5.75 Å². The van der Waals surface area contributed by atoms with Crippen LogP contribution in [0.3, 0.4) is 0 Å². The van der Waals surface area contributed by atoms with Crippen LogP contribution in [0.15, 0.2) is 53.4 Å². The molecule has 1 saturated heterocycles. The highest BCUT2D eigenvalue weighted by Gasteiger charge is 2.26. The molecule has 1 aliphatic heterocycles. The monoisotopic (exact) mass is 403 g/mol. The first-order valence-electron chi connectivity index (χ1n) is 9.52. The summed E-state index contributed by atoms with van der Waals surface area (Å²) in [5, 5.41) is 0. The van der Waals surface area contributed by atoms with Crippen LogP contribution in [0, 0.1) is 6.92 Å². The molecule has 0 spiro atoms. The first kappa shape index (κ1) is 20.8. The van der Waals surface area contributed by atoms with Crippen LogP contribution in [-0.4, -0.2) is 65.1 Å². The van der Waals surface area contributed by atoms with Gasteiger partial charge in [-0.05, 0) is 43.8 Å². The van der Waals surface area contributed by atoms with E-state index in [1.165, 1.54) is 5.56 Å². The van der Waals surface area contributed by atoms with Gasteiger partial charge in [0, 0.05) is 38.8 Å². The first-order chi connectivity index (χ1) is 13.4. The van der Waals surface area contributed by atoms with Crippen molar-refractivity contribution in [2.24, 2.45) is 0 Å². The van der Waals surface area contributed by atoms with Crippen LogP contribution in [0.2, 0.25) is 0 Å². The summed E-state index contributed by atoms with van der Waals surface area (Å²) in [4.78, 5) is 4.90. The third kappa shape index (κ3) is 5.11. The van der Waals surface area contributed by atoms with E-state index in [2.05, 4.69) is 52.8 Å². The number of ether oxygens (including phenoxy) is 1. The average Bonchev–Trinajstić information content (AvgIpc) is 2.70. The molecule has 1 fully saturated rings. The van der Waals surface area contributed by atoms with E-state index < -0.39 is 10.0 Å². The number of sulfonamides is 1. The Kier molecular flexibility index (Phi) is 6.72. The molecule has 152 valence electrons. The van der Waals surface area contributed by atoms with Crippen molar-refractivity contribution in [3.63, 3.8) is 0 Å². The fourth-order valence-corrected chi connectivity index (χ4v) is 4.45. The summed E-state index contributed by atoms with van der Waals surface area (Å²) >= 11 is 0. The number of methoxy groups -OCH3 is 1. The minimum atomic E-state index is -3.59. The standard InChI is InChI=1S/C21H29N3O3S/c1-17-4-6-18(7-5-17)21(24-14-12-23(2)13-15-24)16-22-28(25,26)20-10-8-19(27-3)9-11-20/h4-11,21-22H,12-16H2,1-3H3/t21-/m1/s1. The lowest BCUT2D eigenvalue weighted by atomic mass is 10.0. The van der Waals surface area contributed by atoms with Crippen molar-refractivity contribution in [2.45, 2.75) is 17.9 Å². The third-order valence-electron chi connectivity index (χ3n) is 5.28. The molecule has 2 aromatic carbocycles. The molecule has 1 atom stereocenters. The van der Waals surface area contributed by atoms with Gasteiger partial charge in [0.1, 0.15) is 5.75 Å². The maximum Gasteiger partial charge on any atom is 0.240 e. The molecular formula is C21H29N3O3S. The van der Waals surface area contributed by atoms with Gasteiger partial charge in [-0.25, -0.2) is 13.1 Å². The fraction of sp³-hybridized carbons (Fsp3) is 0.429. The summed E-state index contributed by atoms with van der Waals surface area (Å²) in [6, 6.07) is 14.8. The molecule has 28 heavy (non-hydrogen) atoms. The van der Waals surface area contributed by atoms with Crippen molar-refractivity contribution in [3.05, 3.63) is 59.7 Å². The summed E-state index contributed by atoms with van der Waals surface area (Å²) in [6.07, 6.45) is 0. The predicted octanol–water partition coefficient (Wildman–Crippen LogP) is 2.27. The van der Waals surface area contributed by atoms with Crippen molar-refractivity contribution in [3.8, 4) is 5.75 Å².